The van der Waals surface area contributed by atoms with Crippen LogP contribution in [-0.2, 0) is 0 Å². The van der Waals surface area contributed by atoms with Gasteiger partial charge >= 0.3 is 0 Å². The molecular weight excluding hydrogens is 190 g/mol. The molecule has 3 N–H and O–H groups in total. The zero-order valence-corrected chi connectivity index (χ0v) is 9.44. The summed E-state index contributed by atoms with van der Waals surface area (Å²) < 4.78 is 0. The summed E-state index contributed by atoms with van der Waals surface area (Å²) in [5, 5.41) is 9.45. The van der Waals surface area contributed by atoms with Gasteiger partial charge in [0, 0.05) is 45.8 Å². The number of piperazine rings is 1. The topological polar surface area (TPSA) is 52.7 Å². The van der Waals surface area contributed by atoms with Gasteiger partial charge in [-0.05, 0) is 18.8 Å². The van der Waals surface area contributed by atoms with E-state index < -0.39 is 0 Å². The summed E-state index contributed by atoms with van der Waals surface area (Å²) in [4.78, 5) is 4.88. The van der Waals surface area contributed by atoms with E-state index in [4.69, 9.17) is 5.73 Å². The molecule has 1 aliphatic carbocycles. The Morgan fingerprint density at radius 2 is 1.73 bits per heavy atom. The minimum atomic E-state index is -0.347. The van der Waals surface area contributed by atoms with Crippen LogP contribution in [0, 0.1) is 5.92 Å². The molecule has 0 aromatic heterocycles. The molecule has 1 aliphatic heterocycles. The molecule has 0 spiro atoms. The summed E-state index contributed by atoms with van der Waals surface area (Å²) in [6, 6.07) is 0. The van der Waals surface area contributed by atoms with Crippen molar-refractivity contribution in [3.63, 3.8) is 0 Å². The molecule has 2 aliphatic rings. The van der Waals surface area contributed by atoms with Gasteiger partial charge in [-0.1, -0.05) is 0 Å². The van der Waals surface area contributed by atoms with Crippen LogP contribution in [0.15, 0.2) is 0 Å². The van der Waals surface area contributed by atoms with Gasteiger partial charge < -0.3 is 15.7 Å². The Balaban J connectivity index is 1.62. The van der Waals surface area contributed by atoms with Crippen molar-refractivity contribution in [3.05, 3.63) is 0 Å². The second-order valence-electron chi connectivity index (χ2n) is 4.93. The van der Waals surface area contributed by atoms with Crippen molar-refractivity contribution in [1.29, 1.82) is 0 Å². The second kappa shape index (κ2) is 5.25. The fourth-order valence-electron chi connectivity index (χ4n) is 2.19. The third-order valence-corrected chi connectivity index (χ3v) is 3.42. The van der Waals surface area contributed by atoms with E-state index in [0.717, 1.165) is 38.6 Å². The molecule has 2 fully saturated rings. The van der Waals surface area contributed by atoms with Gasteiger partial charge in [-0.25, -0.2) is 0 Å². The Hall–Kier alpha value is -0.160. The zero-order valence-electron chi connectivity index (χ0n) is 9.44. The van der Waals surface area contributed by atoms with Crippen molar-refractivity contribution in [2.45, 2.75) is 18.9 Å². The van der Waals surface area contributed by atoms with Gasteiger partial charge in [0.05, 0.1) is 6.10 Å². The number of aliphatic hydroxyl groups is 1. The highest BCUT2D eigenvalue weighted by atomic mass is 16.3. The summed E-state index contributed by atoms with van der Waals surface area (Å²) in [7, 11) is 0. The summed E-state index contributed by atoms with van der Waals surface area (Å²) in [6.45, 7) is 6.92. The first-order valence-corrected chi connectivity index (χ1v) is 6.11. The van der Waals surface area contributed by atoms with Crippen molar-refractivity contribution < 1.29 is 5.11 Å². The Labute approximate surface area is 92.0 Å². The fraction of sp³-hybridized carbons (Fsp3) is 1.00. The number of rotatable bonds is 5. The van der Waals surface area contributed by atoms with Crippen molar-refractivity contribution in [2.24, 2.45) is 11.7 Å². The van der Waals surface area contributed by atoms with Crippen LogP contribution < -0.4 is 5.73 Å². The molecule has 4 nitrogen and oxygen atoms in total. The predicted molar refractivity (Wildman–Crippen MR) is 60.7 cm³/mol. The zero-order chi connectivity index (χ0) is 10.7. The summed E-state index contributed by atoms with van der Waals surface area (Å²) in [5.74, 6) is 0.992. The van der Waals surface area contributed by atoms with Crippen molar-refractivity contribution in [1.82, 2.24) is 9.80 Å². The normalized spacial score (nSPS) is 26.8. The first kappa shape index (κ1) is 11.3. The van der Waals surface area contributed by atoms with Gasteiger partial charge in [0.1, 0.15) is 0 Å². The maximum absolute atomic E-state index is 9.45. The lowest BCUT2D eigenvalue weighted by Crippen LogP contribution is -2.49. The molecule has 88 valence electrons. The van der Waals surface area contributed by atoms with E-state index in [-0.39, 0.29) is 6.10 Å². The number of aliphatic hydroxyl groups excluding tert-OH is 1. The van der Waals surface area contributed by atoms with Gasteiger partial charge in [-0.2, -0.15) is 0 Å². The molecule has 15 heavy (non-hydrogen) atoms. The third-order valence-electron chi connectivity index (χ3n) is 3.42. The Kier molecular flexibility index (Phi) is 3.97. The molecule has 1 saturated heterocycles. The lowest BCUT2D eigenvalue weighted by atomic mass is 10.2. The molecule has 0 aromatic carbocycles. The Morgan fingerprint density at radius 3 is 2.27 bits per heavy atom. The lowest BCUT2D eigenvalue weighted by molar-refractivity contribution is 0.0749. The molecule has 1 unspecified atom stereocenters. The minimum Gasteiger partial charge on any atom is -0.390 e. The summed E-state index contributed by atoms with van der Waals surface area (Å²) >= 11 is 0. The number of nitrogens with zero attached hydrogens (tertiary/aromatic N) is 2. The maximum Gasteiger partial charge on any atom is 0.0789 e. The lowest BCUT2D eigenvalue weighted by Gasteiger charge is -2.35. The molecule has 0 bridgehead atoms. The maximum atomic E-state index is 9.45. The van der Waals surface area contributed by atoms with Crippen LogP contribution in [0.4, 0.5) is 0 Å². The van der Waals surface area contributed by atoms with Gasteiger partial charge in [0.25, 0.3) is 0 Å². The highest BCUT2D eigenvalue weighted by molar-refractivity contribution is 4.81. The van der Waals surface area contributed by atoms with E-state index in [1.165, 1.54) is 19.4 Å². The first-order valence-electron chi connectivity index (χ1n) is 6.11. The highest BCUT2D eigenvalue weighted by Gasteiger charge is 2.26. The van der Waals surface area contributed by atoms with Crippen LogP contribution in [-0.4, -0.2) is 66.8 Å². The molecule has 0 aromatic rings. The standard InChI is InChI=1S/C11H23N3O/c12-7-11(15)9-14-5-3-13(4-6-14)8-10-1-2-10/h10-11,15H,1-9,12H2. The monoisotopic (exact) mass is 213 g/mol. The van der Waals surface area contributed by atoms with Crippen molar-refractivity contribution in [3.8, 4) is 0 Å². The predicted octanol–water partition coefficient (Wildman–Crippen LogP) is -0.666. The van der Waals surface area contributed by atoms with Crippen LogP contribution in [0.25, 0.3) is 0 Å². The second-order valence-corrected chi connectivity index (χ2v) is 4.93. The number of hydrogen-bond donors (Lipinski definition) is 2. The van der Waals surface area contributed by atoms with Crippen LogP contribution in [0.2, 0.25) is 0 Å². The van der Waals surface area contributed by atoms with Crippen molar-refractivity contribution in [2.75, 3.05) is 45.8 Å². The van der Waals surface area contributed by atoms with Gasteiger partial charge in [0.2, 0.25) is 0 Å². The quantitative estimate of drug-likeness (QED) is 0.636. The first-order chi connectivity index (χ1) is 7.28. The van der Waals surface area contributed by atoms with Crippen LogP contribution in [0.1, 0.15) is 12.8 Å². The van der Waals surface area contributed by atoms with E-state index in [1.807, 2.05) is 0 Å². The van der Waals surface area contributed by atoms with E-state index in [2.05, 4.69) is 9.80 Å². The van der Waals surface area contributed by atoms with Gasteiger partial charge in [0.15, 0.2) is 0 Å². The number of β-amino-alcohol motifs (C(OH)–C–C–N with tert-alkyl or cyclic N) is 1. The largest absolute Gasteiger partial charge is 0.390 e. The molecule has 0 radical (unpaired) electrons. The van der Waals surface area contributed by atoms with Crippen LogP contribution in [0.5, 0.6) is 0 Å². The molecule has 0 amide bonds. The van der Waals surface area contributed by atoms with Crippen LogP contribution in [0.3, 0.4) is 0 Å². The molecule has 1 heterocycles. The van der Waals surface area contributed by atoms with E-state index in [9.17, 15) is 5.11 Å². The number of nitrogens with two attached hydrogens (primary N) is 1. The Morgan fingerprint density at radius 1 is 1.13 bits per heavy atom. The van der Waals surface area contributed by atoms with E-state index >= 15 is 0 Å². The SMILES string of the molecule is NCC(O)CN1CCN(CC2CC2)CC1. The highest BCUT2D eigenvalue weighted by Crippen LogP contribution is 2.29. The van der Waals surface area contributed by atoms with Gasteiger partial charge in [-0.15, -0.1) is 0 Å². The molecule has 1 atom stereocenters. The molecule has 4 heteroatoms. The summed E-state index contributed by atoms with van der Waals surface area (Å²) in [6.07, 6.45) is 2.53. The average molecular weight is 213 g/mol. The fourth-order valence-corrected chi connectivity index (χ4v) is 2.19. The number of hydrogen-bond acceptors (Lipinski definition) is 4. The third kappa shape index (κ3) is 3.72. The Bertz CT molecular complexity index is 188. The van der Waals surface area contributed by atoms with Crippen LogP contribution >= 0.6 is 0 Å². The van der Waals surface area contributed by atoms with E-state index in [0.29, 0.717) is 6.54 Å². The molecule has 1 saturated carbocycles. The minimum absolute atomic E-state index is 0.347. The molecule has 2 rings (SSSR count). The van der Waals surface area contributed by atoms with Crippen molar-refractivity contribution >= 4 is 0 Å². The smallest absolute Gasteiger partial charge is 0.0789 e. The van der Waals surface area contributed by atoms with E-state index in [1.54, 1.807) is 0 Å². The van der Waals surface area contributed by atoms with Gasteiger partial charge in [-0.3, -0.25) is 4.90 Å². The summed E-state index contributed by atoms with van der Waals surface area (Å²) in [5.41, 5.74) is 5.40. The average Bonchev–Trinajstić information content (AvgIpc) is 3.05. The molecular formula is C11H23N3O.